The lowest BCUT2D eigenvalue weighted by Crippen LogP contribution is -2.20. The molecule has 1 aliphatic heterocycles. The number of hydrazine groups is 1. The number of allylic oxidation sites excluding steroid dienone is 2. The summed E-state index contributed by atoms with van der Waals surface area (Å²) in [5.41, 5.74) is 2.77. The van der Waals surface area contributed by atoms with Crippen molar-refractivity contribution in [2.45, 2.75) is 0 Å². The van der Waals surface area contributed by atoms with Crippen molar-refractivity contribution in [3.05, 3.63) is 22.1 Å². The van der Waals surface area contributed by atoms with Gasteiger partial charge in [0, 0.05) is 27.8 Å². The summed E-state index contributed by atoms with van der Waals surface area (Å²) < 4.78 is 2.50. The Kier molecular flexibility index (Phi) is 2.01. The van der Waals surface area contributed by atoms with E-state index in [2.05, 4.69) is 28.0 Å². The van der Waals surface area contributed by atoms with E-state index >= 15 is 0 Å². The summed E-state index contributed by atoms with van der Waals surface area (Å²) in [7, 11) is 0. The lowest BCUT2D eigenvalue weighted by Gasteiger charge is -2.12. The first-order valence-corrected chi connectivity index (χ1v) is 3.46. The van der Waals surface area contributed by atoms with Crippen LogP contribution in [0.1, 0.15) is 0 Å². The standard InChI is InChI=1S/C4H4ClIN2/c5-8-2-1-4(6)3-7-8/h1-3,7H. The Morgan fingerprint density at radius 3 is 2.88 bits per heavy atom. The van der Waals surface area contributed by atoms with Crippen molar-refractivity contribution < 1.29 is 0 Å². The van der Waals surface area contributed by atoms with Gasteiger partial charge in [-0.15, -0.1) is 0 Å². The van der Waals surface area contributed by atoms with E-state index < -0.39 is 0 Å². The Morgan fingerprint density at radius 2 is 2.50 bits per heavy atom. The molecule has 0 radical (unpaired) electrons. The van der Waals surface area contributed by atoms with Crippen LogP contribution in [0.4, 0.5) is 0 Å². The Bertz CT molecular complexity index is 143. The van der Waals surface area contributed by atoms with Crippen LogP contribution in [0.3, 0.4) is 0 Å². The molecule has 0 saturated heterocycles. The molecule has 1 heterocycles. The molecule has 1 aliphatic rings. The minimum atomic E-state index is 1.14. The van der Waals surface area contributed by atoms with E-state index in [0.717, 1.165) is 3.58 Å². The molecular formula is C4H4ClIN2. The highest BCUT2D eigenvalue weighted by atomic mass is 127. The highest BCUT2D eigenvalue weighted by Gasteiger charge is 1.94. The molecule has 0 amide bonds. The van der Waals surface area contributed by atoms with Crippen molar-refractivity contribution in [3.63, 3.8) is 0 Å². The molecular weight excluding hydrogens is 238 g/mol. The van der Waals surface area contributed by atoms with Crippen LogP contribution < -0.4 is 5.43 Å². The summed E-state index contributed by atoms with van der Waals surface area (Å²) in [5, 5.41) is 0. The minimum absolute atomic E-state index is 1.14. The van der Waals surface area contributed by atoms with Crippen LogP contribution >= 0.6 is 34.4 Å². The zero-order chi connectivity index (χ0) is 5.98. The SMILES string of the molecule is ClN1C=CC(I)=CN1. The van der Waals surface area contributed by atoms with Crippen LogP contribution in [0.2, 0.25) is 0 Å². The van der Waals surface area contributed by atoms with Gasteiger partial charge in [0.1, 0.15) is 0 Å². The first-order chi connectivity index (χ1) is 3.79. The number of nitrogens with zero attached hydrogens (tertiary/aromatic N) is 1. The summed E-state index contributed by atoms with van der Waals surface area (Å²) >= 11 is 7.66. The van der Waals surface area contributed by atoms with E-state index in [-0.39, 0.29) is 0 Å². The highest BCUT2D eigenvalue weighted by molar-refractivity contribution is 14.1. The van der Waals surface area contributed by atoms with Gasteiger partial charge in [-0.2, -0.15) is 0 Å². The number of nitrogens with one attached hydrogen (secondary N) is 1. The zero-order valence-electron chi connectivity index (χ0n) is 3.94. The van der Waals surface area contributed by atoms with Crippen molar-refractivity contribution in [3.8, 4) is 0 Å². The fourth-order valence-electron chi connectivity index (χ4n) is 0.351. The van der Waals surface area contributed by atoms with E-state index in [1.165, 1.54) is 4.53 Å². The van der Waals surface area contributed by atoms with E-state index in [1.54, 1.807) is 6.20 Å². The molecule has 0 bridgehead atoms. The van der Waals surface area contributed by atoms with Crippen molar-refractivity contribution in [2.75, 3.05) is 0 Å². The summed E-state index contributed by atoms with van der Waals surface area (Å²) in [6, 6.07) is 0. The van der Waals surface area contributed by atoms with Gasteiger partial charge in [0.05, 0.1) is 0 Å². The third kappa shape index (κ3) is 1.56. The Labute approximate surface area is 66.4 Å². The minimum Gasteiger partial charge on any atom is -0.290 e. The Hall–Kier alpha value is 0.1000. The molecule has 44 valence electrons. The van der Waals surface area contributed by atoms with Crippen molar-refractivity contribution in [1.82, 2.24) is 9.95 Å². The van der Waals surface area contributed by atoms with Gasteiger partial charge < -0.3 is 0 Å². The van der Waals surface area contributed by atoms with Gasteiger partial charge in [0.2, 0.25) is 0 Å². The van der Waals surface area contributed by atoms with Crippen LogP contribution in [0.15, 0.2) is 22.1 Å². The van der Waals surface area contributed by atoms with Crippen LogP contribution in [0, 0.1) is 0 Å². The summed E-state index contributed by atoms with van der Waals surface area (Å²) in [6.07, 6.45) is 5.46. The summed E-state index contributed by atoms with van der Waals surface area (Å²) in [4.78, 5) is 0. The average molecular weight is 242 g/mol. The smallest absolute Gasteiger partial charge is 0.0410 e. The van der Waals surface area contributed by atoms with Gasteiger partial charge in [0.15, 0.2) is 0 Å². The molecule has 0 atom stereocenters. The molecule has 0 aromatic heterocycles. The highest BCUT2D eigenvalue weighted by Crippen LogP contribution is 2.10. The van der Waals surface area contributed by atoms with Gasteiger partial charge >= 0.3 is 0 Å². The first-order valence-electron chi connectivity index (χ1n) is 2.04. The van der Waals surface area contributed by atoms with Gasteiger partial charge in [-0.05, 0) is 28.7 Å². The van der Waals surface area contributed by atoms with Crippen LogP contribution in [0.5, 0.6) is 0 Å². The lowest BCUT2D eigenvalue weighted by atomic mass is 10.5. The normalized spacial score (nSPS) is 17.8. The predicted molar refractivity (Wildman–Crippen MR) is 42.1 cm³/mol. The fourth-order valence-corrected chi connectivity index (χ4v) is 0.756. The molecule has 0 spiro atoms. The first kappa shape index (κ1) is 6.22. The van der Waals surface area contributed by atoms with Crippen LogP contribution in [-0.2, 0) is 0 Å². The molecule has 0 unspecified atom stereocenters. The number of rotatable bonds is 0. The molecule has 8 heavy (non-hydrogen) atoms. The largest absolute Gasteiger partial charge is 0.290 e. The summed E-state index contributed by atoms with van der Waals surface area (Å²) in [6.45, 7) is 0. The third-order valence-electron chi connectivity index (χ3n) is 0.690. The Balaban J connectivity index is 2.58. The second-order valence-electron chi connectivity index (χ2n) is 1.29. The van der Waals surface area contributed by atoms with Crippen molar-refractivity contribution >= 4 is 34.4 Å². The van der Waals surface area contributed by atoms with Crippen molar-refractivity contribution in [1.29, 1.82) is 0 Å². The molecule has 1 rings (SSSR count). The maximum atomic E-state index is 5.47. The van der Waals surface area contributed by atoms with Gasteiger partial charge in [0.25, 0.3) is 0 Å². The lowest BCUT2D eigenvalue weighted by molar-refractivity contribution is 0.515. The van der Waals surface area contributed by atoms with E-state index in [1.807, 2.05) is 12.3 Å². The quantitative estimate of drug-likeness (QED) is 0.514. The van der Waals surface area contributed by atoms with Gasteiger partial charge in [-0.3, -0.25) is 5.43 Å². The topological polar surface area (TPSA) is 15.3 Å². The summed E-state index contributed by atoms with van der Waals surface area (Å²) in [5.74, 6) is 0. The van der Waals surface area contributed by atoms with Gasteiger partial charge in [-0.25, -0.2) is 4.53 Å². The molecule has 0 aliphatic carbocycles. The maximum Gasteiger partial charge on any atom is 0.0410 e. The molecule has 0 aromatic rings. The second kappa shape index (κ2) is 2.59. The molecule has 2 nitrogen and oxygen atoms in total. The zero-order valence-corrected chi connectivity index (χ0v) is 6.85. The Morgan fingerprint density at radius 1 is 1.75 bits per heavy atom. The van der Waals surface area contributed by atoms with E-state index in [4.69, 9.17) is 11.8 Å². The average Bonchev–Trinajstić information content (AvgIpc) is 1.77. The van der Waals surface area contributed by atoms with Crippen LogP contribution in [0.25, 0.3) is 0 Å². The molecule has 4 heteroatoms. The third-order valence-corrected chi connectivity index (χ3v) is 1.57. The van der Waals surface area contributed by atoms with Crippen molar-refractivity contribution in [2.24, 2.45) is 0 Å². The molecule has 1 N–H and O–H groups in total. The molecule has 0 fully saturated rings. The number of hydrogen-bond acceptors (Lipinski definition) is 2. The molecule has 0 saturated carbocycles. The number of halogens is 2. The van der Waals surface area contributed by atoms with E-state index in [9.17, 15) is 0 Å². The molecule has 0 aromatic carbocycles. The monoisotopic (exact) mass is 242 g/mol. The van der Waals surface area contributed by atoms with Gasteiger partial charge in [-0.1, -0.05) is 0 Å². The predicted octanol–water partition coefficient (Wildman–Crippen LogP) is 1.75. The number of hydrogen-bond donors (Lipinski definition) is 1. The van der Waals surface area contributed by atoms with Crippen LogP contribution in [-0.4, -0.2) is 4.53 Å². The maximum absolute atomic E-state index is 5.47. The second-order valence-corrected chi connectivity index (χ2v) is 2.90. The fraction of sp³-hybridized carbons (Fsp3) is 0. The van der Waals surface area contributed by atoms with E-state index in [0.29, 0.717) is 0 Å².